The third-order valence-corrected chi connectivity index (χ3v) is 6.15. The number of amides is 1. The molecule has 1 unspecified atom stereocenters. The largest absolute Gasteiger partial charge is 0.492 e. The highest BCUT2D eigenvalue weighted by Crippen LogP contribution is 2.46. The van der Waals surface area contributed by atoms with Crippen LogP contribution in [0.25, 0.3) is 0 Å². The number of ether oxygens (including phenoxy) is 1. The van der Waals surface area contributed by atoms with Crippen LogP contribution in [-0.4, -0.2) is 24.0 Å². The van der Waals surface area contributed by atoms with Gasteiger partial charge in [-0.05, 0) is 35.7 Å². The molecule has 2 aliphatic rings. The van der Waals surface area contributed by atoms with Crippen LogP contribution in [0.4, 0.5) is 0 Å². The highest BCUT2D eigenvalue weighted by Gasteiger charge is 2.46. The van der Waals surface area contributed by atoms with E-state index in [0.29, 0.717) is 42.7 Å². The molecule has 2 aromatic rings. The quantitative estimate of drug-likeness (QED) is 0.864. The Labute approximate surface area is 162 Å². The van der Waals surface area contributed by atoms with Crippen LogP contribution < -0.4 is 10.5 Å². The van der Waals surface area contributed by atoms with E-state index in [-0.39, 0.29) is 11.3 Å². The Kier molecular flexibility index (Phi) is 4.59. The lowest BCUT2D eigenvalue weighted by atomic mass is 9.73. The molecule has 136 valence electrons. The van der Waals surface area contributed by atoms with Gasteiger partial charge in [0.2, 0.25) is 5.91 Å². The van der Waals surface area contributed by atoms with Gasteiger partial charge in [0, 0.05) is 37.0 Å². The summed E-state index contributed by atoms with van der Waals surface area (Å²) in [4.78, 5) is 14.7. The Morgan fingerprint density at radius 2 is 1.92 bits per heavy atom. The first-order valence-corrected chi connectivity index (χ1v) is 9.44. The van der Waals surface area contributed by atoms with Crippen LogP contribution in [0.2, 0.25) is 10.0 Å². The summed E-state index contributed by atoms with van der Waals surface area (Å²) in [6.07, 6.45) is 1.33. The predicted octanol–water partition coefficient (Wildman–Crippen LogP) is 3.90. The van der Waals surface area contributed by atoms with Crippen molar-refractivity contribution in [1.29, 1.82) is 0 Å². The van der Waals surface area contributed by atoms with E-state index in [1.165, 1.54) is 0 Å². The smallest absolute Gasteiger partial charge is 0.223 e. The van der Waals surface area contributed by atoms with Crippen molar-refractivity contribution in [3.8, 4) is 5.75 Å². The Morgan fingerprint density at radius 3 is 2.65 bits per heavy atom. The average molecular weight is 391 g/mol. The van der Waals surface area contributed by atoms with Gasteiger partial charge in [0.15, 0.2) is 0 Å². The van der Waals surface area contributed by atoms with Crippen LogP contribution in [-0.2, 0) is 23.3 Å². The molecule has 2 aromatic carbocycles. The second-order valence-corrected chi connectivity index (χ2v) is 7.91. The van der Waals surface area contributed by atoms with Gasteiger partial charge in [-0.15, -0.1) is 0 Å². The van der Waals surface area contributed by atoms with Crippen LogP contribution in [0.1, 0.15) is 29.5 Å². The molecule has 0 aliphatic carbocycles. The average Bonchev–Trinajstić information content (AvgIpc) is 2.98. The molecule has 4 rings (SSSR count). The van der Waals surface area contributed by atoms with Crippen LogP contribution in [0.5, 0.6) is 5.75 Å². The Balaban J connectivity index is 1.53. The zero-order valence-corrected chi connectivity index (χ0v) is 15.8. The first-order valence-electron chi connectivity index (χ1n) is 8.69. The molecule has 0 bridgehead atoms. The molecular formula is C20H20Cl2N2O2. The van der Waals surface area contributed by atoms with Crippen LogP contribution in [0, 0.1) is 0 Å². The summed E-state index contributed by atoms with van der Waals surface area (Å²) in [5.74, 6) is 1.02. The highest BCUT2D eigenvalue weighted by atomic mass is 35.5. The number of carbonyl (C=O) groups is 1. The number of piperidine rings is 1. The molecule has 0 aromatic heterocycles. The fraction of sp³-hybridized carbons (Fsp3) is 0.350. The maximum atomic E-state index is 12.9. The van der Waals surface area contributed by atoms with Crippen LogP contribution in [0.15, 0.2) is 36.4 Å². The number of fused-ring (bicyclic) bond motifs is 2. The van der Waals surface area contributed by atoms with E-state index in [4.69, 9.17) is 33.7 Å². The Hall–Kier alpha value is -1.75. The lowest BCUT2D eigenvalue weighted by Gasteiger charge is -2.38. The van der Waals surface area contributed by atoms with Crippen molar-refractivity contribution in [3.63, 3.8) is 0 Å². The maximum Gasteiger partial charge on any atom is 0.223 e. The molecule has 1 fully saturated rings. The van der Waals surface area contributed by atoms with Crippen molar-refractivity contribution >= 4 is 29.1 Å². The van der Waals surface area contributed by atoms with E-state index in [9.17, 15) is 4.79 Å². The number of carbonyl (C=O) groups excluding carboxylic acids is 1. The van der Waals surface area contributed by atoms with Gasteiger partial charge >= 0.3 is 0 Å². The maximum absolute atomic E-state index is 12.9. The van der Waals surface area contributed by atoms with Crippen LogP contribution in [0.3, 0.4) is 0 Å². The monoisotopic (exact) mass is 390 g/mol. The minimum atomic E-state index is -0.230. The topological polar surface area (TPSA) is 55.6 Å². The molecule has 2 aliphatic heterocycles. The normalized spacial score (nSPS) is 21.8. The third kappa shape index (κ3) is 3.07. The Bertz CT molecular complexity index is 871. The van der Waals surface area contributed by atoms with Gasteiger partial charge in [-0.2, -0.15) is 0 Å². The number of halogens is 2. The molecule has 1 spiro atoms. The minimum absolute atomic E-state index is 0.136. The van der Waals surface area contributed by atoms with E-state index in [1.807, 2.05) is 29.2 Å². The van der Waals surface area contributed by atoms with Crippen molar-refractivity contribution in [2.45, 2.75) is 31.3 Å². The molecule has 1 atom stereocenters. The first-order chi connectivity index (χ1) is 12.5. The third-order valence-electron chi connectivity index (χ3n) is 5.42. The standard InChI is InChI=1S/C20H20Cl2N2O2/c21-16-3-1-14(8-17(16)22)11-24-6-5-20(9-19(24)25)12-26-18-4-2-13(10-23)7-15(18)20/h1-4,7-8H,5-6,9-12,23H2. The fourth-order valence-corrected chi connectivity index (χ4v) is 4.20. The summed E-state index contributed by atoms with van der Waals surface area (Å²) >= 11 is 12.1. The first kappa shape index (κ1) is 17.7. The number of benzene rings is 2. The molecule has 2 heterocycles. The summed E-state index contributed by atoms with van der Waals surface area (Å²) in [6.45, 7) is 2.28. The zero-order valence-electron chi connectivity index (χ0n) is 14.3. The second kappa shape index (κ2) is 6.76. The highest BCUT2D eigenvalue weighted by molar-refractivity contribution is 6.42. The number of hydrogen-bond acceptors (Lipinski definition) is 3. The number of nitrogens with zero attached hydrogens (tertiary/aromatic N) is 1. The molecule has 4 nitrogen and oxygen atoms in total. The summed E-state index contributed by atoms with van der Waals surface area (Å²) in [7, 11) is 0. The van der Waals surface area contributed by atoms with Gasteiger partial charge in [0.1, 0.15) is 5.75 Å². The van der Waals surface area contributed by atoms with Gasteiger partial charge in [0.25, 0.3) is 0 Å². The van der Waals surface area contributed by atoms with E-state index < -0.39 is 0 Å². The summed E-state index contributed by atoms with van der Waals surface area (Å²) in [5.41, 5.74) is 8.73. The van der Waals surface area contributed by atoms with Gasteiger partial charge < -0.3 is 15.4 Å². The van der Waals surface area contributed by atoms with Gasteiger partial charge in [-0.1, -0.05) is 41.4 Å². The van der Waals surface area contributed by atoms with E-state index in [1.54, 1.807) is 6.07 Å². The molecular weight excluding hydrogens is 371 g/mol. The van der Waals surface area contributed by atoms with Crippen molar-refractivity contribution in [2.24, 2.45) is 5.73 Å². The number of nitrogens with two attached hydrogens (primary N) is 1. The van der Waals surface area contributed by atoms with Crippen LogP contribution >= 0.6 is 23.2 Å². The predicted molar refractivity (Wildman–Crippen MR) is 103 cm³/mol. The van der Waals surface area contributed by atoms with E-state index in [2.05, 4.69) is 6.07 Å². The molecule has 2 N–H and O–H groups in total. The number of hydrogen-bond donors (Lipinski definition) is 1. The van der Waals surface area contributed by atoms with E-state index in [0.717, 1.165) is 28.9 Å². The Morgan fingerprint density at radius 1 is 1.12 bits per heavy atom. The molecule has 1 amide bonds. The molecule has 0 radical (unpaired) electrons. The lowest BCUT2D eigenvalue weighted by molar-refractivity contribution is -0.136. The number of rotatable bonds is 3. The second-order valence-electron chi connectivity index (χ2n) is 7.09. The van der Waals surface area contributed by atoms with Gasteiger partial charge in [0.05, 0.1) is 16.7 Å². The van der Waals surface area contributed by atoms with Gasteiger partial charge in [-0.25, -0.2) is 0 Å². The summed E-state index contributed by atoms with van der Waals surface area (Å²) < 4.78 is 5.88. The molecule has 26 heavy (non-hydrogen) atoms. The number of likely N-dealkylation sites (tertiary alicyclic amines) is 1. The van der Waals surface area contributed by atoms with Gasteiger partial charge in [-0.3, -0.25) is 4.79 Å². The molecule has 6 heteroatoms. The SMILES string of the molecule is NCc1ccc2c(c1)C1(CCN(Cc3ccc(Cl)c(Cl)c3)C(=O)C1)CO2. The fourth-order valence-electron chi connectivity index (χ4n) is 3.88. The van der Waals surface area contributed by atoms with Crippen molar-refractivity contribution in [3.05, 3.63) is 63.1 Å². The van der Waals surface area contributed by atoms with Crippen molar-refractivity contribution in [2.75, 3.05) is 13.2 Å². The van der Waals surface area contributed by atoms with Crippen molar-refractivity contribution in [1.82, 2.24) is 4.90 Å². The summed E-state index contributed by atoms with van der Waals surface area (Å²) in [6, 6.07) is 11.6. The van der Waals surface area contributed by atoms with Crippen molar-refractivity contribution < 1.29 is 9.53 Å². The summed E-state index contributed by atoms with van der Waals surface area (Å²) in [5, 5.41) is 1.03. The minimum Gasteiger partial charge on any atom is -0.492 e. The van der Waals surface area contributed by atoms with E-state index >= 15 is 0 Å². The lowest BCUT2D eigenvalue weighted by Crippen LogP contribution is -2.46. The molecule has 0 saturated carbocycles. The zero-order chi connectivity index (χ0) is 18.3. The molecule has 1 saturated heterocycles.